The maximum atomic E-state index is 12.2. The summed E-state index contributed by atoms with van der Waals surface area (Å²) in [6.07, 6.45) is 3.13. The van der Waals surface area contributed by atoms with E-state index < -0.39 is 0 Å². The normalized spacial score (nSPS) is 25.3. The molecule has 2 rings (SSSR count). The molecular formula is C12H21N3O2. The standard InChI is InChI=1S/C12H21N3O2/c1-14(2)12(17)10-8-13-6-7-15(10)11(16)9-4-3-5-9/h9-10,13H,3-8H2,1-2H3. The molecule has 2 amide bonds. The number of amides is 2. The molecule has 1 saturated heterocycles. The van der Waals surface area contributed by atoms with Gasteiger partial charge in [-0.2, -0.15) is 0 Å². The molecule has 96 valence electrons. The number of nitrogens with zero attached hydrogens (tertiary/aromatic N) is 2. The summed E-state index contributed by atoms with van der Waals surface area (Å²) in [5, 5.41) is 3.19. The predicted octanol–water partition coefficient (Wildman–Crippen LogP) is -0.325. The van der Waals surface area contributed by atoms with Crippen LogP contribution in [0.5, 0.6) is 0 Å². The van der Waals surface area contributed by atoms with Crippen molar-refractivity contribution in [3.05, 3.63) is 0 Å². The highest BCUT2D eigenvalue weighted by molar-refractivity contribution is 5.89. The topological polar surface area (TPSA) is 52.7 Å². The van der Waals surface area contributed by atoms with Gasteiger partial charge in [0.05, 0.1) is 0 Å². The van der Waals surface area contributed by atoms with E-state index >= 15 is 0 Å². The van der Waals surface area contributed by atoms with Gasteiger partial charge < -0.3 is 15.1 Å². The molecule has 1 aliphatic carbocycles. The van der Waals surface area contributed by atoms with E-state index in [2.05, 4.69) is 5.32 Å². The van der Waals surface area contributed by atoms with Gasteiger partial charge in [0, 0.05) is 39.6 Å². The van der Waals surface area contributed by atoms with Crippen molar-refractivity contribution in [2.75, 3.05) is 33.7 Å². The molecule has 0 spiro atoms. The third-order valence-electron chi connectivity index (χ3n) is 3.71. The number of hydrogen-bond donors (Lipinski definition) is 1. The van der Waals surface area contributed by atoms with Crippen LogP contribution in [0.25, 0.3) is 0 Å². The zero-order chi connectivity index (χ0) is 12.4. The molecule has 17 heavy (non-hydrogen) atoms. The first kappa shape index (κ1) is 12.4. The summed E-state index contributed by atoms with van der Waals surface area (Å²) in [5.41, 5.74) is 0. The molecule has 0 bridgehead atoms. The highest BCUT2D eigenvalue weighted by atomic mass is 16.2. The summed E-state index contributed by atoms with van der Waals surface area (Å²) in [5.74, 6) is 0.369. The van der Waals surface area contributed by atoms with E-state index in [0.29, 0.717) is 13.1 Å². The number of likely N-dealkylation sites (N-methyl/N-ethyl adjacent to an activating group) is 1. The van der Waals surface area contributed by atoms with Gasteiger partial charge in [-0.1, -0.05) is 6.42 Å². The second-order valence-electron chi connectivity index (χ2n) is 5.11. The van der Waals surface area contributed by atoms with Crippen molar-refractivity contribution >= 4 is 11.8 Å². The minimum absolute atomic E-state index is 0.0184. The Morgan fingerprint density at radius 2 is 2.00 bits per heavy atom. The van der Waals surface area contributed by atoms with E-state index in [9.17, 15) is 9.59 Å². The van der Waals surface area contributed by atoms with Gasteiger partial charge in [-0.3, -0.25) is 9.59 Å². The molecule has 0 aromatic carbocycles. The molecule has 5 nitrogen and oxygen atoms in total. The van der Waals surface area contributed by atoms with Gasteiger partial charge in [0.2, 0.25) is 11.8 Å². The van der Waals surface area contributed by atoms with Crippen LogP contribution in [-0.4, -0.2) is 61.4 Å². The highest BCUT2D eigenvalue weighted by Gasteiger charge is 2.37. The van der Waals surface area contributed by atoms with Crippen molar-refractivity contribution in [1.82, 2.24) is 15.1 Å². The van der Waals surface area contributed by atoms with Crippen molar-refractivity contribution in [2.45, 2.75) is 25.3 Å². The summed E-state index contributed by atoms with van der Waals surface area (Å²) >= 11 is 0. The molecule has 1 heterocycles. The average molecular weight is 239 g/mol. The Kier molecular flexibility index (Phi) is 3.66. The van der Waals surface area contributed by atoms with Gasteiger partial charge in [0.1, 0.15) is 6.04 Å². The summed E-state index contributed by atoms with van der Waals surface area (Å²) in [6.45, 7) is 2.02. The quantitative estimate of drug-likeness (QED) is 0.718. The molecule has 1 unspecified atom stereocenters. The summed E-state index contributed by atoms with van der Waals surface area (Å²) in [7, 11) is 3.48. The molecule has 1 atom stereocenters. The van der Waals surface area contributed by atoms with E-state index in [-0.39, 0.29) is 23.8 Å². The fourth-order valence-corrected chi connectivity index (χ4v) is 2.38. The first-order chi connectivity index (χ1) is 8.11. The van der Waals surface area contributed by atoms with Crippen LogP contribution in [0.2, 0.25) is 0 Å². The molecule has 0 radical (unpaired) electrons. The van der Waals surface area contributed by atoms with Gasteiger partial charge in [-0.25, -0.2) is 0 Å². The van der Waals surface area contributed by atoms with Crippen LogP contribution in [0, 0.1) is 5.92 Å². The summed E-state index contributed by atoms with van der Waals surface area (Å²) in [4.78, 5) is 27.6. The number of nitrogens with one attached hydrogen (secondary N) is 1. The van der Waals surface area contributed by atoms with Crippen molar-refractivity contribution in [3.63, 3.8) is 0 Å². The lowest BCUT2D eigenvalue weighted by molar-refractivity contribution is -0.149. The Hall–Kier alpha value is -1.10. The molecule has 2 fully saturated rings. The summed E-state index contributed by atoms with van der Waals surface area (Å²) in [6, 6.07) is -0.313. The fourth-order valence-electron chi connectivity index (χ4n) is 2.38. The van der Waals surface area contributed by atoms with Crippen LogP contribution in [-0.2, 0) is 9.59 Å². The zero-order valence-corrected chi connectivity index (χ0v) is 10.6. The molecule has 2 aliphatic rings. The average Bonchev–Trinajstić information content (AvgIpc) is 2.25. The number of hydrogen-bond acceptors (Lipinski definition) is 3. The van der Waals surface area contributed by atoms with Gasteiger partial charge in [-0.05, 0) is 12.8 Å². The molecule has 0 aromatic heterocycles. The number of carbonyl (C=O) groups excluding carboxylic acids is 2. The summed E-state index contributed by atoms with van der Waals surface area (Å²) < 4.78 is 0. The smallest absolute Gasteiger partial charge is 0.246 e. The third kappa shape index (κ3) is 2.44. The van der Waals surface area contributed by atoms with E-state index in [1.54, 1.807) is 23.9 Å². The molecular weight excluding hydrogens is 218 g/mol. The van der Waals surface area contributed by atoms with Crippen molar-refractivity contribution in [3.8, 4) is 0 Å². The monoisotopic (exact) mass is 239 g/mol. The van der Waals surface area contributed by atoms with Crippen LogP contribution in [0.4, 0.5) is 0 Å². The minimum atomic E-state index is -0.313. The van der Waals surface area contributed by atoms with E-state index in [1.807, 2.05) is 0 Å². The molecule has 1 N–H and O–H groups in total. The lowest BCUT2D eigenvalue weighted by atomic mass is 9.84. The zero-order valence-electron chi connectivity index (χ0n) is 10.6. The Labute approximate surface area is 102 Å². The van der Waals surface area contributed by atoms with Gasteiger partial charge in [0.25, 0.3) is 0 Å². The SMILES string of the molecule is CN(C)C(=O)C1CNCCN1C(=O)C1CCC1. The maximum Gasteiger partial charge on any atom is 0.246 e. The van der Waals surface area contributed by atoms with Gasteiger partial charge >= 0.3 is 0 Å². The van der Waals surface area contributed by atoms with Crippen LogP contribution in [0.3, 0.4) is 0 Å². The molecule has 1 saturated carbocycles. The molecule has 1 aliphatic heterocycles. The van der Waals surface area contributed by atoms with Crippen LogP contribution >= 0.6 is 0 Å². The predicted molar refractivity (Wildman–Crippen MR) is 64.4 cm³/mol. The van der Waals surface area contributed by atoms with Crippen molar-refractivity contribution in [2.24, 2.45) is 5.92 Å². The lowest BCUT2D eigenvalue weighted by Gasteiger charge is -2.40. The second kappa shape index (κ2) is 5.04. The Morgan fingerprint density at radius 3 is 2.53 bits per heavy atom. The van der Waals surface area contributed by atoms with Crippen LogP contribution in [0.1, 0.15) is 19.3 Å². The lowest BCUT2D eigenvalue weighted by Crippen LogP contribution is -2.60. The van der Waals surface area contributed by atoms with Crippen molar-refractivity contribution < 1.29 is 9.59 Å². The van der Waals surface area contributed by atoms with Gasteiger partial charge in [-0.15, -0.1) is 0 Å². The molecule has 0 aromatic rings. The first-order valence-corrected chi connectivity index (χ1v) is 6.33. The van der Waals surface area contributed by atoms with E-state index in [0.717, 1.165) is 25.8 Å². The Balaban J connectivity index is 2.05. The number of rotatable bonds is 2. The third-order valence-corrected chi connectivity index (χ3v) is 3.71. The van der Waals surface area contributed by atoms with E-state index in [4.69, 9.17) is 0 Å². The van der Waals surface area contributed by atoms with Crippen molar-refractivity contribution in [1.29, 1.82) is 0 Å². The fraction of sp³-hybridized carbons (Fsp3) is 0.833. The van der Waals surface area contributed by atoms with Gasteiger partial charge in [0.15, 0.2) is 0 Å². The highest BCUT2D eigenvalue weighted by Crippen LogP contribution is 2.29. The minimum Gasteiger partial charge on any atom is -0.347 e. The first-order valence-electron chi connectivity index (χ1n) is 6.33. The van der Waals surface area contributed by atoms with E-state index in [1.165, 1.54) is 0 Å². The maximum absolute atomic E-state index is 12.2. The number of carbonyl (C=O) groups is 2. The Bertz CT molecular complexity index is 313. The second-order valence-corrected chi connectivity index (χ2v) is 5.11. The van der Waals surface area contributed by atoms with Crippen LogP contribution in [0.15, 0.2) is 0 Å². The molecule has 5 heteroatoms. The van der Waals surface area contributed by atoms with Crippen LogP contribution < -0.4 is 5.32 Å². The Morgan fingerprint density at radius 1 is 1.29 bits per heavy atom. The largest absolute Gasteiger partial charge is 0.347 e. The number of piperazine rings is 1.